The summed E-state index contributed by atoms with van der Waals surface area (Å²) in [6, 6.07) is 4.22. The van der Waals surface area contributed by atoms with Crippen LogP contribution in [0, 0.1) is 22.7 Å². The lowest BCUT2D eigenvalue weighted by atomic mass is 10.3. The fraction of sp³-hybridized carbons (Fsp3) is 0.500. The molecule has 0 spiro atoms. The Morgan fingerprint density at radius 2 is 1.93 bits per heavy atom. The van der Waals surface area contributed by atoms with E-state index in [2.05, 4.69) is 12.1 Å². The Kier molecular flexibility index (Phi) is 7.31. The van der Waals surface area contributed by atoms with Gasteiger partial charge in [0.15, 0.2) is 0 Å². The number of aromatic nitrogens is 2. The molecule has 0 atom stereocenters. The Morgan fingerprint density at radius 1 is 1.20 bits per heavy atom. The van der Waals surface area contributed by atoms with E-state index >= 15 is 0 Å². The zero-order chi connectivity index (χ0) is 10.2. The third kappa shape index (κ3) is 5.19. The van der Waals surface area contributed by atoms with Crippen LogP contribution in [0.5, 0.6) is 0 Å². The fourth-order valence-corrected chi connectivity index (χ4v) is 1.22. The first-order valence-electron chi connectivity index (χ1n) is 4.65. The quantitative estimate of drug-likeness (QED) is 0.458. The molecule has 0 aliphatic carbocycles. The molecule has 1 heterocycles. The van der Waals surface area contributed by atoms with Crippen LogP contribution in [0.15, 0.2) is 18.7 Å². The van der Waals surface area contributed by atoms with Gasteiger partial charge in [-0.15, -0.1) is 0 Å². The lowest BCUT2D eigenvalue weighted by Gasteiger charge is -1.91. The Labute approximate surface area is 100 Å². The van der Waals surface area contributed by atoms with Crippen LogP contribution in [0.4, 0.5) is 0 Å². The summed E-state index contributed by atoms with van der Waals surface area (Å²) in [6.45, 7) is 1.61. The molecule has 0 radical (unpaired) electrons. The SMILES string of the molecule is N#CCCCn1cc[n+](CCC#N)c1.[Br-]. The number of hydrogen-bond acceptors (Lipinski definition) is 2. The van der Waals surface area contributed by atoms with Gasteiger partial charge in [-0.2, -0.15) is 10.5 Å². The predicted octanol–water partition coefficient (Wildman–Crippen LogP) is -2.00. The van der Waals surface area contributed by atoms with Gasteiger partial charge < -0.3 is 17.0 Å². The number of nitrogens with zero attached hydrogens (tertiary/aromatic N) is 4. The molecule has 80 valence electrons. The van der Waals surface area contributed by atoms with E-state index in [1.165, 1.54) is 0 Å². The molecular formula is C10H13BrN4. The van der Waals surface area contributed by atoms with Crippen LogP contribution < -0.4 is 21.5 Å². The van der Waals surface area contributed by atoms with E-state index in [0.29, 0.717) is 12.8 Å². The Hall–Kier alpha value is -1.33. The van der Waals surface area contributed by atoms with Gasteiger partial charge in [0.1, 0.15) is 18.9 Å². The van der Waals surface area contributed by atoms with Gasteiger partial charge in [0, 0.05) is 6.42 Å². The highest BCUT2D eigenvalue weighted by molar-refractivity contribution is 4.72. The van der Waals surface area contributed by atoms with E-state index in [1.54, 1.807) is 0 Å². The highest BCUT2D eigenvalue weighted by atomic mass is 79.9. The number of imidazole rings is 1. The zero-order valence-electron chi connectivity index (χ0n) is 8.43. The topological polar surface area (TPSA) is 56.4 Å². The summed E-state index contributed by atoms with van der Waals surface area (Å²) in [7, 11) is 0. The molecule has 0 fully saturated rings. The molecule has 0 bridgehead atoms. The maximum atomic E-state index is 8.40. The number of nitriles is 2. The van der Waals surface area contributed by atoms with Crippen molar-refractivity contribution >= 4 is 0 Å². The third-order valence-corrected chi connectivity index (χ3v) is 1.93. The molecular weight excluding hydrogens is 256 g/mol. The smallest absolute Gasteiger partial charge is 0.243 e. The molecule has 1 aromatic heterocycles. The molecule has 0 amide bonds. The van der Waals surface area contributed by atoms with E-state index < -0.39 is 0 Å². The van der Waals surface area contributed by atoms with Crippen LogP contribution in [-0.2, 0) is 13.1 Å². The summed E-state index contributed by atoms with van der Waals surface area (Å²) < 4.78 is 4.02. The summed E-state index contributed by atoms with van der Waals surface area (Å²) in [6.07, 6.45) is 7.89. The van der Waals surface area contributed by atoms with Crippen LogP contribution in [0.1, 0.15) is 19.3 Å². The van der Waals surface area contributed by atoms with Crippen molar-refractivity contribution < 1.29 is 21.5 Å². The second kappa shape index (κ2) is 8.02. The molecule has 15 heavy (non-hydrogen) atoms. The molecule has 0 aromatic carbocycles. The maximum Gasteiger partial charge on any atom is 0.243 e. The van der Waals surface area contributed by atoms with Crippen molar-refractivity contribution in [3.8, 4) is 12.1 Å². The third-order valence-electron chi connectivity index (χ3n) is 1.93. The zero-order valence-corrected chi connectivity index (χ0v) is 10.0. The fourth-order valence-electron chi connectivity index (χ4n) is 1.22. The maximum absolute atomic E-state index is 8.40. The Balaban J connectivity index is 0.00000196. The van der Waals surface area contributed by atoms with Crippen molar-refractivity contribution in [2.45, 2.75) is 32.4 Å². The second-order valence-corrected chi connectivity index (χ2v) is 3.06. The van der Waals surface area contributed by atoms with Gasteiger partial charge in [0.25, 0.3) is 0 Å². The Morgan fingerprint density at radius 3 is 2.60 bits per heavy atom. The summed E-state index contributed by atoms with van der Waals surface area (Å²) in [5, 5.41) is 16.8. The number of unbranched alkanes of at least 4 members (excludes halogenated alkanes) is 1. The van der Waals surface area contributed by atoms with Gasteiger partial charge in [0.2, 0.25) is 6.33 Å². The summed E-state index contributed by atoms with van der Waals surface area (Å²) in [5.74, 6) is 0. The summed E-state index contributed by atoms with van der Waals surface area (Å²) in [5.41, 5.74) is 0. The average molecular weight is 269 g/mol. The molecule has 1 rings (SSSR count). The van der Waals surface area contributed by atoms with Crippen molar-refractivity contribution in [3.05, 3.63) is 18.7 Å². The highest BCUT2D eigenvalue weighted by Gasteiger charge is 2.02. The van der Waals surface area contributed by atoms with E-state index in [1.807, 2.05) is 27.9 Å². The van der Waals surface area contributed by atoms with E-state index in [0.717, 1.165) is 19.5 Å². The normalized spacial score (nSPS) is 8.67. The van der Waals surface area contributed by atoms with E-state index in [9.17, 15) is 0 Å². The van der Waals surface area contributed by atoms with Crippen molar-refractivity contribution in [2.75, 3.05) is 0 Å². The standard InChI is InChI=1S/C10H13N4.BrH/c11-4-1-2-6-13-8-9-14(10-13)7-3-5-12;/h8-10H,1-3,6-7H2;1H/q+1;/p-1. The van der Waals surface area contributed by atoms with Gasteiger partial charge >= 0.3 is 0 Å². The number of hydrogen-bond donors (Lipinski definition) is 0. The molecule has 0 aliphatic heterocycles. The average Bonchev–Trinajstić information content (AvgIpc) is 2.63. The first kappa shape index (κ1) is 13.7. The molecule has 0 unspecified atom stereocenters. The highest BCUT2D eigenvalue weighted by Crippen LogP contribution is 1.93. The van der Waals surface area contributed by atoms with Crippen molar-refractivity contribution in [2.24, 2.45) is 0 Å². The van der Waals surface area contributed by atoms with Crippen molar-refractivity contribution in [3.63, 3.8) is 0 Å². The summed E-state index contributed by atoms with van der Waals surface area (Å²) >= 11 is 0. The largest absolute Gasteiger partial charge is 1.00 e. The van der Waals surface area contributed by atoms with E-state index in [4.69, 9.17) is 10.5 Å². The molecule has 0 N–H and O–H groups in total. The number of rotatable bonds is 5. The van der Waals surface area contributed by atoms with Gasteiger partial charge in [-0.3, -0.25) is 0 Å². The number of halogens is 1. The van der Waals surface area contributed by atoms with Crippen LogP contribution in [0.3, 0.4) is 0 Å². The van der Waals surface area contributed by atoms with Crippen molar-refractivity contribution in [1.29, 1.82) is 10.5 Å². The lowest BCUT2D eigenvalue weighted by molar-refractivity contribution is -0.695. The Bertz CT molecular complexity index is 358. The molecule has 0 saturated heterocycles. The van der Waals surface area contributed by atoms with Crippen LogP contribution in [0.25, 0.3) is 0 Å². The van der Waals surface area contributed by atoms with Gasteiger partial charge in [-0.1, -0.05) is 0 Å². The predicted molar refractivity (Wildman–Crippen MR) is 49.7 cm³/mol. The first-order chi connectivity index (χ1) is 6.86. The molecule has 5 heteroatoms. The first-order valence-corrected chi connectivity index (χ1v) is 4.65. The van der Waals surface area contributed by atoms with Gasteiger partial charge in [0.05, 0.1) is 25.1 Å². The minimum absolute atomic E-state index is 0. The minimum Gasteiger partial charge on any atom is -1.00 e. The van der Waals surface area contributed by atoms with Gasteiger partial charge in [-0.05, 0) is 6.42 Å². The molecule has 0 saturated carbocycles. The van der Waals surface area contributed by atoms with E-state index in [-0.39, 0.29) is 17.0 Å². The molecule has 4 nitrogen and oxygen atoms in total. The van der Waals surface area contributed by atoms with Crippen LogP contribution >= 0.6 is 0 Å². The summed E-state index contributed by atoms with van der Waals surface area (Å²) in [4.78, 5) is 0. The van der Waals surface area contributed by atoms with Crippen LogP contribution in [0.2, 0.25) is 0 Å². The monoisotopic (exact) mass is 268 g/mol. The molecule has 1 aromatic rings. The minimum atomic E-state index is 0. The number of aryl methyl sites for hydroxylation is 2. The van der Waals surface area contributed by atoms with Gasteiger partial charge in [-0.25, -0.2) is 9.13 Å². The van der Waals surface area contributed by atoms with Crippen molar-refractivity contribution in [1.82, 2.24) is 4.57 Å². The van der Waals surface area contributed by atoms with Crippen LogP contribution in [-0.4, -0.2) is 4.57 Å². The lowest BCUT2D eigenvalue weighted by Crippen LogP contribution is -3.00. The second-order valence-electron chi connectivity index (χ2n) is 3.06. The molecule has 0 aliphatic rings.